The van der Waals surface area contributed by atoms with Crippen molar-refractivity contribution in [3.8, 4) is 0 Å². The third-order valence-corrected chi connectivity index (χ3v) is 5.78. The van der Waals surface area contributed by atoms with E-state index >= 15 is 0 Å². The van der Waals surface area contributed by atoms with Crippen LogP contribution in [-0.2, 0) is 0 Å². The Kier molecular flexibility index (Phi) is 16.3. The van der Waals surface area contributed by atoms with Gasteiger partial charge < -0.3 is 4.90 Å². The van der Waals surface area contributed by atoms with Gasteiger partial charge in [0.15, 0.2) is 0 Å². The number of hydrogen-bond donors (Lipinski definition) is 0. The summed E-state index contributed by atoms with van der Waals surface area (Å²) in [7, 11) is 0. The molecule has 1 heterocycles. The van der Waals surface area contributed by atoms with Gasteiger partial charge >= 0.3 is 0 Å². The average molecular weight is 338 g/mol. The summed E-state index contributed by atoms with van der Waals surface area (Å²) in [6.07, 6.45) is 27.9. The Morgan fingerprint density at radius 3 is 1.25 bits per heavy atom. The van der Waals surface area contributed by atoms with E-state index in [9.17, 15) is 0 Å². The molecule has 0 radical (unpaired) electrons. The van der Waals surface area contributed by atoms with Crippen LogP contribution in [0.1, 0.15) is 129 Å². The number of hydrogen-bond acceptors (Lipinski definition) is 1. The smallest absolute Gasteiger partial charge is 0.00187 e. The third kappa shape index (κ3) is 14.3. The van der Waals surface area contributed by atoms with Crippen LogP contribution in [0.2, 0.25) is 0 Å². The normalized spacial score (nSPS) is 15.9. The monoisotopic (exact) mass is 337 g/mol. The summed E-state index contributed by atoms with van der Waals surface area (Å²) in [4.78, 5) is 2.69. The van der Waals surface area contributed by atoms with E-state index in [0.717, 1.165) is 0 Å². The van der Waals surface area contributed by atoms with Crippen molar-refractivity contribution < 1.29 is 0 Å². The lowest BCUT2D eigenvalue weighted by atomic mass is 10.0. The van der Waals surface area contributed by atoms with Crippen LogP contribution in [0.5, 0.6) is 0 Å². The highest BCUT2D eigenvalue weighted by Crippen LogP contribution is 2.14. The van der Waals surface area contributed by atoms with Crippen molar-refractivity contribution in [2.75, 3.05) is 19.6 Å². The molecule has 0 spiro atoms. The molecule has 0 aromatic heterocycles. The molecule has 0 aromatic rings. The first-order valence-corrected chi connectivity index (χ1v) is 11.7. The Morgan fingerprint density at radius 2 is 0.833 bits per heavy atom. The molecular weight excluding hydrogens is 290 g/mol. The second kappa shape index (κ2) is 17.8. The maximum Gasteiger partial charge on any atom is -0.00187 e. The van der Waals surface area contributed by atoms with Gasteiger partial charge in [-0.3, -0.25) is 0 Å². The Bertz CT molecular complexity index is 232. The van der Waals surface area contributed by atoms with E-state index in [2.05, 4.69) is 11.8 Å². The number of unbranched alkanes of at least 4 members (excludes halogenated alkanes) is 15. The van der Waals surface area contributed by atoms with Crippen LogP contribution in [0.4, 0.5) is 0 Å². The minimum Gasteiger partial charge on any atom is -0.303 e. The Morgan fingerprint density at radius 1 is 0.458 bits per heavy atom. The van der Waals surface area contributed by atoms with Gasteiger partial charge in [-0.05, 0) is 38.9 Å². The Hall–Kier alpha value is -0.0400. The van der Waals surface area contributed by atoms with Crippen molar-refractivity contribution in [3.05, 3.63) is 0 Å². The zero-order valence-corrected chi connectivity index (χ0v) is 17.0. The van der Waals surface area contributed by atoms with E-state index in [4.69, 9.17) is 0 Å². The van der Waals surface area contributed by atoms with Crippen molar-refractivity contribution in [1.29, 1.82) is 0 Å². The van der Waals surface area contributed by atoms with Crippen LogP contribution in [0.3, 0.4) is 0 Å². The largest absolute Gasteiger partial charge is 0.303 e. The molecule has 1 rings (SSSR count). The molecule has 0 atom stereocenters. The highest BCUT2D eigenvalue weighted by Gasteiger charge is 2.08. The molecule has 0 saturated carbocycles. The molecular formula is C23H47N. The summed E-state index contributed by atoms with van der Waals surface area (Å²) in [6.45, 7) is 6.42. The lowest BCUT2D eigenvalue weighted by Crippen LogP contribution is -2.30. The zero-order valence-electron chi connectivity index (χ0n) is 17.0. The fraction of sp³-hybridized carbons (Fsp3) is 1.00. The Labute approximate surface area is 154 Å². The van der Waals surface area contributed by atoms with Crippen molar-refractivity contribution in [3.63, 3.8) is 0 Å². The minimum absolute atomic E-state index is 1.37. The van der Waals surface area contributed by atoms with Crippen LogP contribution in [-0.4, -0.2) is 24.5 Å². The number of likely N-dealkylation sites (tertiary alicyclic amines) is 1. The second-order valence-corrected chi connectivity index (χ2v) is 8.21. The fourth-order valence-electron chi connectivity index (χ4n) is 4.07. The van der Waals surface area contributed by atoms with Crippen molar-refractivity contribution in [1.82, 2.24) is 4.90 Å². The van der Waals surface area contributed by atoms with Crippen LogP contribution >= 0.6 is 0 Å². The van der Waals surface area contributed by atoms with Gasteiger partial charge in [-0.15, -0.1) is 0 Å². The lowest BCUT2D eigenvalue weighted by molar-refractivity contribution is 0.224. The van der Waals surface area contributed by atoms with Crippen LogP contribution in [0.15, 0.2) is 0 Å². The topological polar surface area (TPSA) is 3.24 Å². The van der Waals surface area contributed by atoms with Gasteiger partial charge in [0.25, 0.3) is 0 Å². The molecule has 0 aromatic carbocycles. The van der Waals surface area contributed by atoms with Crippen LogP contribution < -0.4 is 0 Å². The van der Waals surface area contributed by atoms with Gasteiger partial charge in [-0.25, -0.2) is 0 Å². The van der Waals surface area contributed by atoms with Crippen molar-refractivity contribution in [2.24, 2.45) is 0 Å². The molecule has 1 saturated heterocycles. The van der Waals surface area contributed by atoms with Gasteiger partial charge in [-0.1, -0.05) is 110 Å². The Balaban J connectivity index is 1.66. The highest BCUT2D eigenvalue weighted by molar-refractivity contribution is 4.64. The second-order valence-electron chi connectivity index (χ2n) is 8.21. The van der Waals surface area contributed by atoms with Gasteiger partial charge in [0, 0.05) is 0 Å². The summed E-state index contributed by atoms with van der Waals surface area (Å²) in [6, 6.07) is 0. The molecule has 1 aliphatic heterocycles. The third-order valence-electron chi connectivity index (χ3n) is 5.78. The molecule has 1 fully saturated rings. The van der Waals surface area contributed by atoms with Gasteiger partial charge in [0.1, 0.15) is 0 Å². The summed E-state index contributed by atoms with van der Waals surface area (Å²) >= 11 is 0. The molecule has 1 aliphatic rings. The number of rotatable bonds is 17. The number of nitrogens with zero attached hydrogens (tertiary/aromatic N) is 1. The summed E-state index contributed by atoms with van der Waals surface area (Å²) in [5.41, 5.74) is 0. The molecule has 1 heteroatoms. The van der Waals surface area contributed by atoms with E-state index in [0.29, 0.717) is 0 Å². The van der Waals surface area contributed by atoms with E-state index in [1.54, 1.807) is 0 Å². The number of piperidine rings is 1. The van der Waals surface area contributed by atoms with Gasteiger partial charge in [-0.2, -0.15) is 0 Å². The highest BCUT2D eigenvalue weighted by atomic mass is 15.1. The fourth-order valence-corrected chi connectivity index (χ4v) is 4.07. The van der Waals surface area contributed by atoms with Crippen LogP contribution in [0, 0.1) is 0 Å². The van der Waals surface area contributed by atoms with Gasteiger partial charge in [0.2, 0.25) is 0 Å². The van der Waals surface area contributed by atoms with E-state index in [1.807, 2.05) is 0 Å². The molecule has 0 N–H and O–H groups in total. The SMILES string of the molecule is CCCCCCCCCCCCCCCCCCN1CCCCC1. The van der Waals surface area contributed by atoms with E-state index < -0.39 is 0 Å². The molecule has 24 heavy (non-hydrogen) atoms. The average Bonchev–Trinajstić information content (AvgIpc) is 2.62. The first-order valence-electron chi connectivity index (χ1n) is 11.7. The minimum atomic E-state index is 1.37. The molecule has 0 amide bonds. The van der Waals surface area contributed by atoms with E-state index in [1.165, 1.54) is 142 Å². The molecule has 1 nitrogen and oxygen atoms in total. The van der Waals surface area contributed by atoms with Crippen LogP contribution in [0.25, 0.3) is 0 Å². The molecule has 144 valence electrons. The lowest BCUT2D eigenvalue weighted by Gasteiger charge is -2.26. The predicted octanol–water partition coefficient (Wildman–Crippen LogP) is 7.73. The van der Waals surface area contributed by atoms with E-state index in [-0.39, 0.29) is 0 Å². The summed E-state index contributed by atoms with van der Waals surface area (Å²) < 4.78 is 0. The van der Waals surface area contributed by atoms with Gasteiger partial charge in [0.05, 0.1) is 0 Å². The van der Waals surface area contributed by atoms with Crippen molar-refractivity contribution >= 4 is 0 Å². The van der Waals surface area contributed by atoms with Crippen molar-refractivity contribution in [2.45, 2.75) is 129 Å². The first kappa shape index (κ1) is 22.0. The molecule has 0 bridgehead atoms. The standard InChI is InChI=1S/C23H47N/c1-2-3-4-5-6-7-8-9-10-11-12-13-14-15-16-18-21-24-22-19-17-20-23-24/h2-23H2,1H3. The summed E-state index contributed by atoms with van der Waals surface area (Å²) in [5, 5.41) is 0. The zero-order chi connectivity index (χ0) is 17.1. The molecule has 0 unspecified atom stereocenters. The summed E-state index contributed by atoms with van der Waals surface area (Å²) in [5.74, 6) is 0. The maximum absolute atomic E-state index is 2.69. The predicted molar refractivity (Wildman–Crippen MR) is 110 cm³/mol. The molecule has 0 aliphatic carbocycles. The maximum atomic E-state index is 2.69. The first-order chi connectivity index (χ1) is 11.9. The quantitative estimate of drug-likeness (QED) is 0.245.